The number of rotatable bonds is 5. The summed E-state index contributed by atoms with van der Waals surface area (Å²) in [7, 11) is 0. The van der Waals surface area contributed by atoms with Crippen LogP contribution >= 0.6 is 0 Å². The first kappa shape index (κ1) is 15.8. The topological polar surface area (TPSA) is 50.4 Å². The van der Waals surface area contributed by atoms with Gasteiger partial charge in [0.05, 0.1) is 0 Å². The summed E-state index contributed by atoms with van der Waals surface area (Å²) in [6.45, 7) is 7.13. The molecule has 4 nitrogen and oxygen atoms in total. The highest BCUT2D eigenvalue weighted by atomic mass is 19.1. The lowest BCUT2D eigenvalue weighted by atomic mass is 10.1. The number of carbonyl (C=O) groups is 1. The van der Waals surface area contributed by atoms with Gasteiger partial charge in [-0.1, -0.05) is 0 Å². The molecule has 2 N–H and O–H groups in total. The first-order chi connectivity index (χ1) is 9.83. The van der Waals surface area contributed by atoms with Crippen LogP contribution in [0.15, 0.2) is 18.2 Å². The second-order valence-corrected chi connectivity index (χ2v) is 6.45. The highest BCUT2D eigenvalue weighted by Crippen LogP contribution is 2.28. The highest BCUT2D eigenvalue weighted by molar-refractivity contribution is 5.76. The number of amides is 1. The van der Waals surface area contributed by atoms with Crippen molar-refractivity contribution in [2.24, 2.45) is 0 Å². The maximum Gasteiger partial charge on any atom is 0.221 e. The quantitative estimate of drug-likeness (QED) is 0.817. The molecule has 1 aliphatic rings. The second-order valence-electron chi connectivity index (χ2n) is 6.45. The van der Waals surface area contributed by atoms with Gasteiger partial charge in [0.2, 0.25) is 5.91 Å². The second kappa shape index (κ2) is 6.43. The third kappa shape index (κ3) is 5.01. The minimum atomic E-state index is -0.232. The summed E-state index contributed by atoms with van der Waals surface area (Å²) in [5.41, 5.74) is 0.712. The van der Waals surface area contributed by atoms with Crippen molar-refractivity contribution in [1.82, 2.24) is 10.6 Å². The molecular weight excluding hydrogens is 271 g/mol. The van der Waals surface area contributed by atoms with Gasteiger partial charge in [0, 0.05) is 37.0 Å². The van der Waals surface area contributed by atoms with Crippen molar-refractivity contribution < 1.29 is 13.9 Å². The Kier molecular flexibility index (Phi) is 4.83. The molecule has 0 fully saturated rings. The molecular formula is C16H23FN2O2. The smallest absolute Gasteiger partial charge is 0.221 e. The van der Waals surface area contributed by atoms with Gasteiger partial charge >= 0.3 is 0 Å². The van der Waals surface area contributed by atoms with E-state index in [1.807, 2.05) is 20.8 Å². The fourth-order valence-corrected chi connectivity index (χ4v) is 2.35. The van der Waals surface area contributed by atoms with E-state index >= 15 is 0 Å². The summed E-state index contributed by atoms with van der Waals surface area (Å²) in [5, 5.41) is 6.13. The average molecular weight is 294 g/mol. The lowest BCUT2D eigenvalue weighted by Crippen LogP contribution is -2.42. The van der Waals surface area contributed by atoms with Crippen molar-refractivity contribution in [3.8, 4) is 5.75 Å². The molecule has 0 aromatic heterocycles. The largest absolute Gasteiger partial charge is 0.488 e. The fraction of sp³-hybridized carbons (Fsp3) is 0.562. The number of fused-ring (bicyclic) bond motifs is 1. The summed E-state index contributed by atoms with van der Waals surface area (Å²) in [6, 6.07) is 4.60. The van der Waals surface area contributed by atoms with Crippen LogP contribution in [0, 0.1) is 5.82 Å². The lowest BCUT2D eigenvalue weighted by molar-refractivity contribution is -0.122. The fourth-order valence-electron chi connectivity index (χ4n) is 2.35. The van der Waals surface area contributed by atoms with E-state index in [1.165, 1.54) is 12.1 Å². The van der Waals surface area contributed by atoms with E-state index in [0.29, 0.717) is 25.9 Å². The molecule has 1 heterocycles. The van der Waals surface area contributed by atoms with Gasteiger partial charge in [-0.15, -0.1) is 0 Å². The maximum absolute atomic E-state index is 13.1. The number of ether oxygens (including phenoxy) is 1. The van der Waals surface area contributed by atoms with E-state index in [2.05, 4.69) is 10.6 Å². The zero-order chi connectivity index (χ0) is 15.5. The van der Waals surface area contributed by atoms with Gasteiger partial charge in [0.15, 0.2) is 0 Å². The van der Waals surface area contributed by atoms with Crippen molar-refractivity contribution in [3.05, 3.63) is 29.6 Å². The Labute approximate surface area is 125 Å². The summed E-state index contributed by atoms with van der Waals surface area (Å²) in [5.74, 6) is 0.561. The Bertz CT molecular complexity index is 511. The standard InChI is InChI=1S/C16H23FN2O2/c1-16(2,3)19-15(20)6-7-18-10-13-9-11-8-12(17)4-5-14(11)21-13/h4-5,8,13,18H,6-7,9-10H2,1-3H3,(H,19,20). The molecule has 0 spiro atoms. The molecule has 1 aliphatic heterocycles. The molecule has 116 valence electrons. The molecule has 1 atom stereocenters. The summed E-state index contributed by atoms with van der Waals surface area (Å²) < 4.78 is 18.8. The molecule has 1 unspecified atom stereocenters. The maximum atomic E-state index is 13.1. The molecule has 5 heteroatoms. The van der Waals surface area contributed by atoms with E-state index in [1.54, 1.807) is 6.07 Å². The monoisotopic (exact) mass is 294 g/mol. The zero-order valence-electron chi connectivity index (χ0n) is 12.8. The highest BCUT2D eigenvalue weighted by Gasteiger charge is 2.22. The number of hydrogen-bond donors (Lipinski definition) is 2. The number of halogens is 1. The number of carbonyl (C=O) groups excluding carboxylic acids is 1. The van der Waals surface area contributed by atoms with Crippen molar-refractivity contribution in [2.75, 3.05) is 13.1 Å². The van der Waals surface area contributed by atoms with E-state index in [4.69, 9.17) is 4.74 Å². The molecule has 0 saturated heterocycles. The van der Waals surface area contributed by atoms with Crippen LogP contribution in [0.2, 0.25) is 0 Å². The van der Waals surface area contributed by atoms with Crippen LogP contribution in [0.1, 0.15) is 32.8 Å². The molecule has 2 rings (SSSR count). The van der Waals surface area contributed by atoms with Gasteiger partial charge in [0.1, 0.15) is 17.7 Å². The van der Waals surface area contributed by atoms with Crippen LogP contribution < -0.4 is 15.4 Å². The van der Waals surface area contributed by atoms with E-state index in [9.17, 15) is 9.18 Å². The number of benzene rings is 1. The van der Waals surface area contributed by atoms with Gasteiger partial charge in [-0.3, -0.25) is 4.79 Å². The minimum Gasteiger partial charge on any atom is -0.488 e. The third-order valence-corrected chi connectivity index (χ3v) is 3.18. The lowest BCUT2D eigenvalue weighted by Gasteiger charge is -2.20. The summed E-state index contributed by atoms with van der Waals surface area (Å²) in [6.07, 6.45) is 1.15. The van der Waals surface area contributed by atoms with Crippen molar-refractivity contribution in [3.63, 3.8) is 0 Å². The predicted molar refractivity (Wildman–Crippen MR) is 79.9 cm³/mol. The molecule has 1 aromatic rings. The Morgan fingerprint density at radius 2 is 2.19 bits per heavy atom. The molecule has 21 heavy (non-hydrogen) atoms. The third-order valence-electron chi connectivity index (χ3n) is 3.18. The zero-order valence-corrected chi connectivity index (χ0v) is 12.8. The number of nitrogens with one attached hydrogen (secondary N) is 2. The summed E-state index contributed by atoms with van der Waals surface area (Å²) in [4.78, 5) is 11.6. The van der Waals surface area contributed by atoms with Gasteiger partial charge < -0.3 is 15.4 Å². The summed E-state index contributed by atoms with van der Waals surface area (Å²) >= 11 is 0. The van der Waals surface area contributed by atoms with Crippen molar-refractivity contribution in [2.45, 2.75) is 45.3 Å². The van der Waals surface area contributed by atoms with Crippen molar-refractivity contribution in [1.29, 1.82) is 0 Å². The van der Waals surface area contributed by atoms with Crippen LogP contribution in [0.3, 0.4) is 0 Å². The Morgan fingerprint density at radius 1 is 1.43 bits per heavy atom. The Hall–Kier alpha value is -1.62. The average Bonchev–Trinajstić information content (AvgIpc) is 2.74. The number of hydrogen-bond acceptors (Lipinski definition) is 3. The van der Waals surface area contributed by atoms with Crippen LogP contribution in [-0.2, 0) is 11.2 Å². The normalized spacial score (nSPS) is 17.2. The van der Waals surface area contributed by atoms with Gasteiger partial charge in [0.25, 0.3) is 0 Å². The first-order valence-corrected chi connectivity index (χ1v) is 7.30. The minimum absolute atomic E-state index is 0.00692. The van der Waals surface area contributed by atoms with Crippen LogP contribution in [0.25, 0.3) is 0 Å². The predicted octanol–water partition coefficient (Wildman–Crippen LogP) is 2.02. The van der Waals surface area contributed by atoms with Crippen LogP contribution in [0.4, 0.5) is 4.39 Å². The van der Waals surface area contributed by atoms with Gasteiger partial charge in [-0.05, 0) is 39.0 Å². The van der Waals surface area contributed by atoms with Crippen molar-refractivity contribution >= 4 is 5.91 Å². The van der Waals surface area contributed by atoms with Gasteiger partial charge in [-0.25, -0.2) is 4.39 Å². The van der Waals surface area contributed by atoms with Crippen LogP contribution in [0.5, 0.6) is 5.75 Å². The molecule has 0 saturated carbocycles. The van der Waals surface area contributed by atoms with E-state index in [-0.39, 0.29) is 23.4 Å². The van der Waals surface area contributed by atoms with Crippen LogP contribution in [-0.4, -0.2) is 30.6 Å². The molecule has 1 aromatic carbocycles. The van der Waals surface area contributed by atoms with Gasteiger partial charge in [-0.2, -0.15) is 0 Å². The Morgan fingerprint density at radius 3 is 2.90 bits per heavy atom. The Balaban J connectivity index is 1.66. The molecule has 0 aliphatic carbocycles. The SMILES string of the molecule is CC(C)(C)NC(=O)CCNCC1Cc2cc(F)ccc2O1. The molecule has 0 radical (unpaired) electrons. The first-order valence-electron chi connectivity index (χ1n) is 7.30. The molecule has 1 amide bonds. The van der Waals surface area contributed by atoms with E-state index in [0.717, 1.165) is 11.3 Å². The molecule has 0 bridgehead atoms. The van der Waals surface area contributed by atoms with E-state index < -0.39 is 0 Å².